The second-order valence-electron chi connectivity index (χ2n) is 3.24. The van der Waals surface area contributed by atoms with Crippen LogP contribution in [0.15, 0.2) is 10.7 Å². The minimum absolute atomic E-state index is 0.517. The topological polar surface area (TPSA) is 44.2 Å². The number of nitrogens with zero attached hydrogens (tertiary/aromatic N) is 2. The fraction of sp³-hybridized carbons (Fsp3) is 0.636. The molecule has 0 radical (unpaired) electrons. The summed E-state index contributed by atoms with van der Waals surface area (Å²) in [6.07, 6.45) is 1.89. The lowest BCUT2D eigenvalue weighted by Crippen LogP contribution is -2.08. The molecule has 1 rings (SSSR count). The molecule has 0 fully saturated rings. The number of halogens is 1. The highest BCUT2D eigenvalue weighted by molar-refractivity contribution is 9.10. The average Bonchev–Trinajstić information content (AvgIpc) is 2.24. The highest BCUT2D eigenvalue weighted by Crippen LogP contribution is 2.15. The largest absolute Gasteiger partial charge is 0.475 e. The molecule has 90 valence electrons. The molecule has 1 aromatic heterocycles. The van der Waals surface area contributed by atoms with Crippen LogP contribution in [0.5, 0.6) is 5.88 Å². The van der Waals surface area contributed by atoms with Gasteiger partial charge in [-0.25, -0.2) is 4.98 Å². The predicted octanol–water partition coefficient (Wildman–Crippen LogP) is 2.61. The third kappa shape index (κ3) is 4.90. The van der Waals surface area contributed by atoms with E-state index in [0.717, 1.165) is 23.3 Å². The standard InChI is InChI=1S/C11H17BrN2O2/c1-3-5-10-13-9(12)8-11(14-10)16-7-6-15-4-2/h8H,3-7H2,1-2H3. The normalized spacial score (nSPS) is 10.4. The Morgan fingerprint density at radius 1 is 1.25 bits per heavy atom. The van der Waals surface area contributed by atoms with Gasteiger partial charge >= 0.3 is 0 Å². The van der Waals surface area contributed by atoms with Crippen molar-refractivity contribution < 1.29 is 9.47 Å². The van der Waals surface area contributed by atoms with Gasteiger partial charge in [0.25, 0.3) is 0 Å². The van der Waals surface area contributed by atoms with Gasteiger partial charge in [-0.1, -0.05) is 6.92 Å². The number of hydrogen-bond donors (Lipinski definition) is 0. The van der Waals surface area contributed by atoms with Crippen molar-refractivity contribution in [3.8, 4) is 5.88 Å². The van der Waals surface area contributed by atoms with Crippen molar-refractivity contribution >= 4 is 15.9 Å². The summed E-state index contributed by atoms with van der Waals surface area (Å²) in [6, 6.07) is 1.77. The molecule has 0 saturated carbocycles. The van der Waals surface area contributed by atoms with E-state index in [-0.39, 0.29) is 0 Å². The predicted molar refractivity (Wildman–Crippen MR) is 65.7 cm³/mol. The number of ether oxygens (including phenoxy) is 2. The fourth-order valence-electron chi connectivity index (χ4n) is 1.20. The lowest BCUT2D eigenvalue weighted by atomic mass is 10.3. The summed E-state index contributed by atoms with van der Waals surface area (Å²) in [6.45, 7) is 5.86. The maximum absolute atomic E-state index is 5.47. The Hall–Kier alpha value is -0.680. The third-order valence-electron chi connectivity index (χ3n) is 1.87. The molecule has 0 atom stereocenters. The van der Waals surface area contributed by atoms with Gasteiger partial charge < -0.3 is 9.47 Å². The molecular formula is C11H17BrN2O2. The van der Waals surface area contributed by atoms with E-state index in [0.29, 0.717) is 25.7 Å². The van der Waals surface area contributed by atoms with Crippen LogP contribution in [0, 0.1) is 0 Å². The van der Waals surface area contributed by atoms with Gasteiger partial charge in [-0.3, -0.25) is 0 Å². The van der Waals surface area contributed by atoms with Crippen LogP contribution in [0.25, 0.3) is 0 Å². The van der Waals surface area contributed by atoms with E-state index in [1.165, 1.54) is 0 Å². The van der Waals surface area contributed by atoms with E-state index in [1.807, 2.05) is 6.92 Å². The maximum Gasteiger partial charge on any atom is 0.217 e. The molecule has 0 aromatic carbocycles. The average molecular weight is 289 g/mol. The zero-order valence-corrected chi connectivity index (χ0v) is 11.3. The number of aromatic nitrogens is 2. The summed E-state index contributed by atoms with van der Waals surface area (Å²) in [5.74, 6) is 1.41. The van der Waals surface area contributed by atoms with E-state index in [1.54, 1.807) is 6.07 Å². The van der Waals surface area contributed by atoms with E-state index in [9.17, 15) is 0 Å². The van der Waals surface area contributed by atoms with Crippen molar-refractivity contribution in [1.29, 1.82) is 0 Å². The van der Waals surface area contributed by atoms with E-state index in [2.05, 4.69) is 32.8 Å². The van der Waals surface area contributed by atoms with Crippen molar-refractivity contribution in [3.63, 3.8) is 0 Å². The molecule has 5 heteroatoms. The van der Waals surface area contributed by atoms with Gasteiger partial charge in [-0.2, -0.15) is 4.98 Å². The van der Waals surface area contributed by atoms with Crippen LogP contribution < -0.4 is 4.74 Å². The zero-order valence-electron chi connectivity index (χ0n) is 9.70. The van der Waals surface area contributed by atoms with Gasteiger partial charge in [0, 0.05) is 19.1 Å². The van der Waals surface area contributed by atoms with Gasteiger partial charge in [-0.15, -0.1) is 0 Å². The minimum Gasteiger partial charge on any atom is -0.475 e. The quantitative estimate of drug-likeness (QED) is 0.571. The minimum atomic E-state index is 0.517. The molecule has 0 aliphatic rings. The van der Waals surface area contributed by atoms with E-state index >= 15 is 0 Å². The summed E-state index contributed by atoms with van der Waals surface area (Å²) in [4.78, 5) is 8.56. The molecular weight excluding hydrogens is 272 g/mol. The highest BCUT2D eigenvalue weighted by Gasteiger charge is 2.03. The molecule has 16 heavy (non-hydrogen) atoms. The van der Waals surface area contributed by atoms with Crippen LogP contribution in [0.2, 0.25) is 0 Å². The Kier molecular flexibility index (Phi) is 6.33. The van der Waals surface area contributed by atoms with Crippen LogP contribution >= 0.6 is 15.9 Å². The smallest absolute Gasteiger partial charge is 0.217 e. The maximum atomic E-state index is 5.47. The van der Waals surface area contributed by atoms with Gasteiger partial charge in [0.1, 0.15) is 17.0 Å². The first-order valence-corrected chi connectivity index (χ1v) is 6.29. The zero-order chi connectivity index (χ0) is 11.8. The number of rotatable bonds is 7. The molecule has 0 unspecified atom stereocenters. The summed E-state index contributed by atoms with van der Waals surface area (Å²) in [5.41, 5.74) is 0. The molecule has 0 saturated heterocycles. The van der Waals surface area contributed by atoms with Crippen molar-refractivity contribution in [2.24, 2.45) is 0 Å². The van der Waals surface area contributed by atoms with Gasteiger partial charge in [0.05, 0.1) is 6.61 Å². The number of hydrogen-bond acceptors (Lipinski definition) is 4. The molecule has 0 spiro atoms. The number of aryl methyl sites for hydroxylation is 1. The summed E-state index contributed by atoms with van der Waals surface area (Å²) >= 11 is 3.34. The Morgan fingerprint density at radius 2 is 2.06 bits per heavy atom. The summed E-state index contributed by atoms with van der Waals surface area (Å²) in [5, 5.41) is 0. The van der Waals surface area contributed by atoms with Crippen LogP contribution in [0.3, 0.4) is 0 Å². The summed E-state index contributed by atoms with van der Waals surface area (Å²) in [7, 11) is 0. The highest BCUT2D eigenvalue weighted by atomic mass is 79.9. The van der Waals surface area contributed by atoms with Crippen molar-refractivity contribution in [1.82, 2.24) is 9.97 Å². The molecule has 1 aromatic rings. The molecule has 1 heterocycles. The van der Waals surface area contributed by atoms with Gasteiger partial charge in [0.2, 0.25) is 5.88 Å². The van der Waals surface area contributed by atoms with Crippen LogP contribution in [0.4, 0.5) is 0 Å². The summed E-state index contributed by atoms with van der Waals surface area (Å²) < 4.78 is 11.4. The van der Waals surface area contributed by atoms with E-state index in [4.69, 9.17) is 9.47 Å². The van der Waals surface area contributed by atoms with Crippen molar-refractivity contribution in [2.45, 2.75) is 26.7 Å². The fourth-order valence-corrected chi connectivity index (χ4v) is 1.60. The SMILES string of the molecule is CCCc1nc(Br)cc(OCCOCC)n1. The lowest BCUT2D eigenvalue weighted by Gasteiger charge is -2.07. The molecule has 4 nitrogen and oxygen atoms in total. The second kappa shape index (κ2) is 7.57. The van der Waals surface area contributed by atoms with E-state index < -0.39 is 0 Å². The molecule has 0 aliphatic carbocycles. The molecule has 0 bridgehead atoms. The lowest BCUT2D eigenvalue weighted by molar-refractivity contribution is 0.108. The molecule has 0 aliphatic heterocycles. The Morgan fingerprint density at radius 3 is 2.75 bits per heavy atom. The first-order chi connectivity index (χ1) is 7.76. The molecule has 0 N–H and O–H groups in total. The first kappa shape index (κ1) is 13.4. The second-order valence-corrected chi connectivity index (χ2v) is 4.05. The Balaban J connectivity index is 2.51. The first-order valence-electron chi connectivity index (χ1n) is 5.50. The Labute approximate surface area is 105 Å². The van der Waals surface area contributed by atoms with Gasteiger partial charge in [0.15, 0.2) is 0 Å². The monoisotopic (exact) mass is 288 g/mol. The van der Waals surface area contributed by atoms with Gasteiger partial charge in [-0.05, 0) is 29.3 Å². The molecule has 0 amide bonds. The Bertz CT molecular complexity index is 321. The third-order valence-corrected chi connectivity index (χ3v) is 2.28. The van der Waals surface area contributed by atoms with Crippen molar-refractivity contribution in [2.75, 3.05) is 19.8 Å². The van der Waals surface area contributed by atoms with Crippen LogP contribution in [-0.4, -0.2) is 29.8 Å². The van der Waals surface area contributed by atoms with Crippen molar-refractivity contribution in [3.05, 3.63) is 16.5 Å². The van der Waals surface area contributed by atoms with Crippen LogP contribution in [-0.2, 0) is 11.2 Å². The van der Waals surface area contributed by atoms with Crippen LogP contribution in [0.1, 0.15) is 26.1 Å².